The number of rotatable bonds is 5. The second-order valence-electron chi connectivity index (χ2n) is 5.41. The van der Waals surface area contributed by atoms with Gasteiger partial charge in [-0.1, -0.05) is 38.2 Å². The van der Waals surface area contributed by atoms with Crippen LogP contribution in [-0.2, 0) is 0 Å². The standard InChI is InChI=1S/C16H24N2OS/c1-20-15-9-5-8-14(12-15)18-16(19)17-11-10-13-6-3-2-4-7-13/h5,8-9,12-13H,2-4,6-7,10-11H2,1H3,(H2,17,18,19). The van der Waals surface area contributed by atoms with E-state index in [1.807, 2.05) is 30.5 Å². The first-order valence-corrected chi connectivity index (χ1v) is 8.69. The van der Waals surface area contributed by atoms with Crippen molar-refractivity contribution >= 4 is 23.5 Å². The molecule has 1 aliphatic rings. The van der Waals surface area contributed by atoms with Crippen molar-refractivity contribution in [1.82, 2.24) is 5.32 Å². The van der Waals surface area contributed by atoms with Gasteiger partial charge in [0.15, 0.2) is 0 Å². The van der Waals surface area contributed by atoms with E-state index >= 15 is 0 Å². The molecule has 1 saturated carbocycles. The highest BCUT2D eigenvalue weighted by Crippen LogP contribution is 2.25. The minimum absolute atomic E-state index is 0.0981. The van der Waals surface area contributed by atoms with E-state index in [2.05, 4.69) is 10.6 Å². The molecular formula is C16H24N2OS. The Morgan fingerprint density at radius 3 is 2.85 bits per heavy atom. The molecule has 2 rings (SSSR count). The van der Waals surface area contributed by atoms with Crippen LogP contribution in [0.3, 0.4) is 0 Å². The smallest absolute Gasteiger partial charge is 0.319 e. The summed E-state index contributed by atoms with van der Waals surface area (Å²) in [6.07, 6.45) is 9.91. The van der Waals surface area contributed by atoms with Crippen LogP contribution in [0.25, 0.3) is 0 Å². The van der Waals surface area contributed by atoms with Crippen LogP contribution < -0.4 is 10.6 Å². The molecule has 4 heteroatoms. The number of nitrogens with one attached hydrogen (secondary N) is 2. The first-order valence-electron chi connectivity index (χ1n) is 7.47. The molecule has 1 aromatic carbocycles. The largest absolute Gasteiger partial charge is 0.338 e. The van der Waals surface area contributed by atoms with Crippen molar-refractivity contribution in [2.24, 2.45) is 5.92 Å². The van der Waals surface area contributed by atoms with Crippen LogP contribution in [0.15, 0.2) is 29.2 Å². The number of benzene rings is 1. The van der Waals surface area contributed by atoms with Crippen molar-refractivity contribution in [3.8, 4) is 0 Å². The second-order valence-corrected chi connectivity index (χ2v) is 6.29. The van der Waals surface area contributed by atoms with E-state index in [4.69, 9.17) is 0 Å². The predicted octanol–water partition coefficient (Wildman–Crippen LogP) is 4.50. The maximum Gasteiger partial charge on any atom is 0.319 e. The van der Waals surface area contributed by atoms with Crippen LogP contribution >= 0.6 is 11.8 Å². The summed E-state index contributed by atoms with van der Waals surface area (Å²) in [6, 6.07) is 7.81. The Labute approximate surface area is 125 Å². The minimum atomic E-state index is -0.0981. The number of hydrogen-bond donors (Lipinski definition) is 2. The molecule has 2 N–H and O–H groups in total. The molecule has 1 aromatic rings. The van der Waals surface area contributed by atoms with Crippen LogP contribution in [0.4, 0.5) is 10.5 Å². The van der Waals surface area contributed by atoms with Crippen molar-refractivity contribution in [2.45, 2.75) is 43.4 Å². The average Bonchev–Trinajstić information content (AvgIpc) is 2.48. The summed E-state index contributed by atoms with van der Waals surface area (Å²) < 4.78 is 0. The van der Waals surface area contributed by atoms with E-state index in [-0.39, 0.29) is 6.03 Å². The molecule has 0 saturated heterocycles. The number of carbonyl (C=O) groups is 1. The lowest BCUT2D eigenvalue weighted by atomic mass is 9.87. The normalized spacial score (nSPS) is 15.8. The van der Waals surface area contributed by atoms with Crippen LogP contribution in [0.1, 0.15) is 38.5 Å². The van der Waals surface area contributed by atoms with Gasteiger partial charge < -0.3 is 10.6 Å². The van der Waals surface area contributed by atoms with Crippen LogP contribution in [0.2, 0.25) is 0 Å². The molecule has 0 aromatic heterocycles. The molecule has 0 aliphatic heterocycles. The molecule has 0 atom stereocenters. The fourth-order valence-corrected chi connectivity index (χ4v) is 3.20. The molecule has 1 fully saturated rings. The summed E-state index contributed by atoms with van der Waals surface area (Å²) in [7, 11) is 0. The third-order valence-electron chi connectivity index (χ3n) is 3.89. The Morgan fingerprint density at radius 2 is 2.10 bits per heavy atom. The zero-order valence-electron chi connectivity index (χ0n) is 12.2. The Hall–Kier alpha value is -1.16. The van der Waals surface area contributed by atoms with Crippen LogP contribution in [0.5, 0.6) is 0 Å². The highest BCUT2D eigenvalue weighted by Gasteiger charge is 2.13. The Kier molecular flexibility index (Phi) is 6.25. The number of thioether (sulfide) groups is 1. The highest BCUT2D eigenvalue weighted by molar-refractivity contribution is 7.98. The summed E-state index contributed by atoms with van der Waals surface area (Å²) in [5.41, 5.74) is 0.854. The molecule has 0 radical (unpaired) electrons. The van der Waals surface area contributed by atoms with E-state index < -0.39 is 0 Å². The second kappa shape index (κ2) is 8.20. The third-order valence-corrected chi connectivity index (χ3v) is 4.62. The van der Waals surface area contributed by atoms with E-state index in [1.54, 1.807) is 11.8 Å². The lowest BCUT2D eigenvalue weighted by Crippen LogP contribution is -2.30. The number of urea groups is 1. The quantitative estimate of drug-likeness (QED) is 0.784. The van der Waals surface area contributed by atoms with Gasteiger partial charge in [0.2, 0.25) is 0 Å². The van der Waals surface area contributed by atoms with Gasteiger partial charge in [0, 0.05) is 17.1 Å². The molecule has 0 bridgehead atoms. The van der Waals surface area contributed by atoms with E-state index in [9.17, 15) is 4.79 Å². The van der Waals surface area contributed by atoms with Gasteiger partial charge in [0.05, 0.1) is 0 Å². The summed E-state index contributed by atoms with van der Waals surface area (Å²) in [5, 5.41) is 5.85. The molecule has 2 amide bonds. The van der Waals surface area contributed by atoms with Crippen molar-refractivity contribution in [1.29, 1.82) is 0 Å². The van der Waals surface area contributed by atoms with Gasteiger partial charge in [0.25, 0.3) is 0 Å². The fraction of sp³-hybridized carbons (Fsp3) is 0.562. The number of anilines is 1. The van der Waals surface area contributed by atoms with Gasteiger partial charge in [-0.3, -0.25) is 0 Å². The molecule has 0 spiro atoms. The fourth-order valence-electron chi connectivity index (χ4n) is 2.74. The first kappa shape index (κ1) is 15.2. The first-order chi connectivity index (χ1) is 9.78. The van der Waals surface area contributed by atoms with Crippen molar-refractivity contribution < 1.29 is 4.79 Å². The predicted molar refractivity (Wildman–Crippen MR) is 86.4 cm³/mol. The lowest BCUT2D eigenvalue weighted by molar-refractivity contribution is 0.250. The summed E-state index contributed by atoms with van der Waals surface area (Å²) in [4.78, 5) is 13.0. The minimum Gasteiger partial charge on any atom is -0.338 e. The molecule has 1 aliphatic carbocycles. The summed E-state index contributed by atoms with van der Waals surface area (Å²) >= 11 is 1.67. The number of carbonyl (C=O) groups excluding carboxylic acids is 1. The number of amides is 2. The third kappa shape index (κ3) is 5.08. The van der Waals surface area contributed by atoms with Gasteiger partial charge in [-0.05, 0) is 36.8 Å². The maximum atomic E-state index is 11.8. The molecule has 20 heavy (non-hydrogen) atoms. The molecule has 110 valence electrons. The zero-order valence-corrected chi connectivity index (χ0v) is 13.0. The van der Waals surface area contributed by atoms with Crippen molar-refractivity contribution in [3.63, 3.8) is 0 Å². The van der Waals surface area contributed by atoms with E-state index in [0.29, 0.717) is 0 Å². The topological polar surface area (TPSA) is 41.1 Å². The van der Waals surface area contributed by atoms with Gasteiger partial charge in [-0.2, -0.15) is 0 Å². The van der Waals surface area contributed by atoms with E-state index in [0.717, 1.165) is 29.5 Å². The highest BCUT2D eigenvalue weighted by atomic mass is 32.2. The number of hydrogen-bond acceptors (Lipinski definition) is 2. The zero-order chi connectivity index (χ0) is 14.2. The molecule has 3 nitrogen and oxygen atoms in total. The SMILES string of the molecule is CSc1cccc(NC(=O)NCCC2CCCCC2)c1. The van der Waals surface area contributed by atoms with E-state index in [1.165, 1.54) is 32.1 Å². The van der Waals surface area contributed by atoms with Crippen molar-refractivity contribution in [3.05, 3.63) is 24.3 Å². The van der Waals surface area contributed by atoms with Gasteiger partial charge in [-0.15, -0.1) is 11.8 Å². The molecule has 0 unspecified atom stereocenters. The summed E-state index contributed by atoms with van der Waals surface area (Å²) in [5.74, 6) is 0.809. The van der Waals surface area contributed by atoms with Crippen molar-refractivity contribution in [2.75, 3.05) is 18.1 Å². The van der Waals surface area contributed by atoms with Gasteiger partial charge in [-0.25, -0.2) is 4.79 Å². The lowest BCUT2D eigenvalue weighted by Gasteiger charge is -2.21. The maximum absolute atomic E-state index is 11.8. The Morgan fingerprint density at radius 1 is 1.30 bits per heavy atom. The monoisotopic (exact) mass is 292 g/mol. The Bertz CT molecular complexity index is 430. The molecular weight excluding hydrogens is 268 g/mol. The Balaban J connectivity index is 1.69. The molecule has 0 heterocycles. The summed E-state index contributed by atoms with van der Waals surface area (Å²) in [6.45, 7) is 0.777. The van der Waals surface area contributed by atoms with Gasteiger partial charge >= 0.3 is 6.03 Å². The van der Waals surface area contributed by atoms with Gasteiger partial charge in [0.1, 0.15) is 0 Å². The van der Waals surface area contributed by atoms with Crippen LogP contribution in [-0.4, -0.2) is 18.8 Å². The average molecular weight is 292 g/mol. The van der Waals surface area contributed by atoms with Crippen LogP contribution in [0, 0.1) is 5.92 Å².